The second-order valence-corrected chi connectivity index (χ2v) is 14.5. The largest absolute Gasteiger partial charge is 0.396 e. The van der Waals surface area contributed by atoms with Crippen molar-refractivity contribution in [3.63, 3.8) is 0 Å². The number of hydrogen-bond acceptors (Lipinski definition) is 5. The van der Waals surface area contributed by atoms with Gasteiger partial charge in [-0.1, -0.05) is 174 Å². The third kappa shape index (κ3) is 33.6. The Bertz CT molecular complexity index is 619. The van der Waals surface area contributed by atoms with Gasteiger partial charge in [0.05, 0.1) is 19.3 Å². The first-order chi connectivity index (χ1) is 23.1. The number of aliphatic hydroxyl groups excluding tert-OH is 3. The molecule has 2 unspecified atom stereocenters. The third-order valence-electron chi connectivity index (χ3n) is 9.72. The molecule has 0 aromatic heterocycles. The molecule has 1 amide bonds. The minimum absolute atomic E-state index is 0.0296. The van der Waals surface area contributed by atoms with E-state index in [0.717, 1.165) is 19.3 Å². The lowest BCUT2D eigenvalue weighted by molar-refractivity contribution is -0.132. The highest BCUT2D eigenvalue weighted by atomic mass is 16.5. The molecule has 0 spiro atoms. The van der Waals surface area contributed by atoms with Gasteiger partial charge in [0.25, 0.3) is 0 Å². The molecule has 0 aliphatic heterocycles. The fraction of sp³-hybridized carbons (Fsp3) is 0.976. The van der Waals surface area contributed by atoms with E-state index < -0.39 is 6.10 Å². The molecule has 3 N–H and O–H groups in total. The summed E-state index contributed by atoms with van der Waals surface area (Å²) in [6.07, 6.45) is 36.1. The van der Waals surface area contributed by atoms with E-state index in [1.54, 1.807) is 0 Å². The Kier molecular flexibility index (Phi) is 37.6. The van der Waals surface area contributed by atoms with Crippen molar-refractivity contribution in [2.24, 2.45) is 5.92 Å². The number of carbonyl (C=O) groups is 1. The van der Waals surface area contributed by atoms with Crippen molar-refractivity contribution in [1.82, 2.24) is 4.90 Å². The monoisotopic (exact) mass is 670 g/mol. The van der Waals surface area contributed by atoms with Gasteiger partial charge < -0.3 is 25.0 Å². The van der Waals surface area contributed by atoms with E-state index in [9.17, 15) is 20.1 Å². The summed E-state index contributed by atoms with van der Waals surface area (Å²) in [5.41, 5.74) is 0. The van der Waals surface area contributed by atoms with Crippen LogP contribution in [0.25, 0.3) is 0 Å². The smallest absolute Gasteiger partial charge is 0.222 e. The molecule has 2 atom stereocenters. The number of aliphatic hydroxyl groups is 3. The lowest BCUT2D eigenvalue weighted by atomic mass is 10.0. The van der Waals surface area contributed by atoms with Crippen molar-refractivity contribution in [2.75, 3.05) is 39.5 Å². The van der Waals surface area contributed by atoms with E-state index >= 15 is 0 Å². The predicted molar refractivity (Wildman–Crippen MR) is 201 cm³/mol. The Morgan fingerprint density at radius 3 is 1.38 bits per heavy atom. The van der Waals surface area contributed by atoms with Crippen LogP contribution in [0.5, 0.6) is 0 Å². The number of ether oxygens (including phenoxy) is 1. The molecule has 47 heavy (non-hydrogen) atoms. The number of hydrogen-bond donors (Lipinski definition) is 3. The molecule has 6 nitrogen and oxygen atoms in total. The van der Waals surface area contributed by atoms with E-state index in [4.69, 9.17) is 4.74 Å². The van der Waals surface area contributed by atoms with Crippen molar-refractivity contribution in [3.05, 3.63) is 0 Å². The number of amides is 1. The summed E-state index contributed by atoms with van der Waals surface area (Å²) in [5.74, 6) is 0.107. The molecule has 0 aliphatic rings. The maximum absolute atomic E-state index is 13.2. The minimum Gasteiger partial charge on any atom is -0.396 e. The van der Waals surface area contributed by atoms with Crippen LogP contribution in [0.15, 0.2) is 0 Å². The van der Waals surface area contributed by atoms with Gasteiger partial charge in [-0.25, -0.2) is 0 Å². The van der Waals surface area contributed by atoms with Crippen LogP contribution in [0, 0.1) is 5.92 Å². The lowest BCUT2D eigenvalue weighted by Crippen LogP contribution is -2.39. The van der Waals surface area contributed by atoms with E-state index in [1.165, 1.54) is 154 Å². The summed E-state index contributed by atoms with van der Waals surface area (Å²) in [6, 6.07) is 0. The van der Waals surface area contributed by atoms with Crippen molar-refractivity contribution in [3.8, 4) is 0 Å². The van der Waals surface area contributed by atoms with Gasteiger partial charge >= 0.3 is 0 Å². The molecule has 0 aromatic carbocycles. The van der Waals surface area contributed by atoms with Crippen molar-refractivity contribution >= 4 is 5.91 Å². The van der Waals surface area contributed by atoms with Crippen LogP contribution < -0.4 is 0 Å². The van der Waals surface area contributed by atoms with Gasteiger partial charge in [-0.15, -0.1) is 0 Å². The summed E-state index contributed by atoms with van der Waals surface area (Å²) in [6.45, 7) is 6.54. The van der Waals surface area contributed by atoms with Crippen LogP contribution in [-0.4, -0.2) is 71.7 Å². The highest BCUT2D eigenvalue weighted by molar-refractivity contribution is 5.76. The molecule has 0 saturated heterocycles. The molecular weight excluding hydrogens is 586 g/mol. The zero-order chi connectivity index (χ0) is 34.5. The molecule has 0 rings (SSSR count). The first kappa shape index (κ1) is 46.3. The molecule has 0 bridgehead atoms. The Morgan fingerprint density at radius 1 is 0.574 bits per heavy atom. The SMILES string of the molecule is CCCCCCCCCCCCCCCCOCC(CC(O)CO)CN(CCCO)C(=O)CCCCCCCCCCCCCCC. The fourth-order valence-corrected chi connectivity index (χ4v) is 6.65. The number of rotatable bonds is 39. The van der Waals surface area contributed by atoms with Gasteiger partial charge in [0.1, 0.15) is 0 Å². The number of carbonyl (C=O) groups excluding carboxylic acids is 1. The van der Waals surface area contributed by atoms with E-state index in [0.29, 0.717) is 45.6 Å². The van der Waals surface area contributed by atoms with E-state index in [1.807, 2.05) is 4.90 Å². The maximum Gasteiger partial charge on any atom is 0.222 e. The molecule has 6 heteroatoms. The Labute approximate surface area is 293 Å². The van der Waals surface area contributed by atoms with Crippen molar-refractivity contribution in [1.29, 1.82) is 0 Å². The molecule has 0 radical (unpaired) electrons. The molecule has 0 aromatic rings. The zero-order valence-electron chi connectivity index (χ0n) is 31.7. The molecule has 282 valence electrons. The summed E-state index contributed by atoms with van der Waals surface area (Å²) >= 11 is 0. The lowest BCUT2D eigenvalue weighted by Gasteiger charge is -2.29. The molecular formula is C41H83NO5. The first-order valence-corrected chi connectivity index (χ1v) is 20.8. The first-order valence-electron chi connectivity index (χ1n) is 20.8. The van der Waals surface area contributed by atoms with E-state index in [2.05, 4.69) is 13.8 Å². The zero-order valence-corrected chi connectivity index (χ0v) is 31.7. The molecule has 0 heterocycles. The molecule has 0 saturated carbocycles. The maximum atomic E-state index is 13.2. The average Bonchev–Trinajstić information content (AvgIpc) is 3.08. The Morgan fingerprint density at radius 2 is 0.979 bits per heavy atom. The van der Waals surface area contributed by atoms with Crippen LogP contribution >= 0.6 is 0 Å². The van der Waals surface area contributed by atoms with Crippen LogP contribution in [0.3, 0.4) is 0 Å². The minimum atomic E-state index is -0.805. The van der Waals surface area contributed by atoms with Gasteiger partial charge in [-0.3, -0.25) is 4.79 Å². The van der Waals surface area contributed by atoms with Gasteiger partial charge in [-0.05, 0) is 25.7 Å². The van der Waals surface area contributed by atoms with Crippen LogP contribution in [0.1, 0.15) is 206 Å². The quantitative estimate of drug-likeness (QED) is 0.0567. The molecule has 0 fully saturated rings. The summed E-state index contributed by atoms with van der Waals surface area (Å²) in [7, 11) is 0. The standard InChI is InChI=1S/C41H83NO5/c1-3-5-7-9-11-13-15-17-19-21-23-25-27-29-34-47-38-39(35-40(45)37-44)36-42(32-30-33-43)41(46)31-28-26-24-22-20-18-16-14-12-10-8-6-4-2/h39-40,43-45H,3-38H2,1-2H3. The second kappa shape index (κ2) is 38.1. The van der Waals surface area contributed by atoms with Gasteiger partial charge in [-0.2, -0.15) is 0 Å². The Balaban J connectivity index is 4.16. The van der Waals surface area contributed by atoms with Crippen molar-refractivity contribution < 1.29 is 24.9 Å². The van der Waals surface area contributed by atoms with Crippen molar-refractivity contribution in [2.45, 2.75) is 213 Å². The van der Waals surface area contributed by atoms with Gasteiger partial charge in [0.2, 0.25) is 5.91 Å². The molecule has 0 aliphatic carbocycles. The van der Waals surface area contributed by atoms with Crippen LogP contribution in [0.4, 0.5) is 0 Å². The highest BCUT2D eigenvalue weighted by Crippen LogP contribution is 2.17. The summed E-state index contributed by atoms with van der Waals surface area (Å²) < 4.78 is 6.04. The second-order valence-electron chi connectivity index (χ2n) is 14.5. The fourth-order valence-electron chi connectivity index (χ4n) is 6.65. The van der Waals surface area contributed by atoms with Crippen LogP contribution in [-0.2, 0) is 9.53 Å². The van der Waals surface area contributed by atoms with Gasteiger partial charge in [0.15, 0.2) is 0 Å². The average molecular weight is 670 g/mol. The third-order valence-corrected chi connectivity index (χ3v) is 9.72. The van der Waals surface area contributed by atoms with E-state index in [-0.39, 0.29) is 25.0 Å². The topological polar surface area (TPSA) is 90.2 Å². The highest BCUT2D eigenvalue weighted by Gasteiger charge is 2.21. The van der Waals surface area contributed by atoms with Crippen LogP contribution in [0.2, 0.25) is 0 Å². The normalized spacial score (nSPS) is 12.9. The number of nitrogens with zero attached hydrogens (tertiary/aromatic N) is 1. The number of unbranched alkanes of at least 4 members (excludes halogenated alkanes) is 25. The van der Waals surface area contributed by atoms with Gasteiger partial charge in [0, 0.05) is 38.6 Å². The summed E-state index contributed by atoms with van der Waals surface area (Å²) in [4.78, 5) is 15.0. The predicted octanol–water partition coefficient (Wildman–Crippen LogP) is 10.5. The summed E-state index contributed by atoms with van der Waals surface area (Å²) in [5, 5.41) is 29.1. The Hall–Kier alpha value is -0.690.